The van der Waals surface area contributed by atoms with E-state index in [9.17, 15) is 0 Å². The Morgan fingerprint density at radius 1 is 1.41 bits per heavy atom. The molecule has 0 bridgehead atoms. The zero-order valence-corrected chi connectivity index (χ0v) is 10.1. The van der Waals surface area contributed by atoms with E-state index in [1.807, 2.05) is 12.1 Å². The van der Waals surface area contributed by atoms with E-state index in [4.69, 9.17) is 10.00 Å². The van der Waals surface area contributed by atoms with Crippen molar-refractivity contribution in [2.45, 2.75) is 25.7 Å². The summed E-state index contributed by atoms with van der Waals surface area (Å²) in [5.74, 6) is 1.36. The molecule has 0 spiro atoms. The monoisotopic (exact) mass is 227 g/mol. The van der Waals surface area contributed by atoms with Gasteiger partial charge in [-0.3, -0.25) is 0 Å². The van der Waals surface area contributed by atoms with Gasteiger partial charge in [-0.15, -0.1) is 0 Å². The molecule has 1 aliphatic rings. The van der Waals surface area contributed by atoms with Crippen LogP contribution in [-0.4, -0.2) is 7.11 Å². The van der Waals surface area contributed by atoms with Crippen LogP contribution < -0.4 is 4.74 Å². The lowest BCUT2D eigenvalue weighted by Gasteiger charge is -2.07. The van der Waals surface area contributed by atoms with E-state index in [1.165, 1.54) is 17.6 Å². The van der Waals surface area contributed by atoms with Crippen LogP contribution in [0.15, 0.2) is 29.8 Å². The molecule has 2 nitrogen and oxygen atoms in total. The Balaban J connectivity index is 2.14. The van der Waals surface area contributed by atoms with Crippen molar-refractivity contribution in [2.24, 2.45) is 5.92 Å². The molecule has 0 unspecified atom stereocenters. The van der Waals surface area contributed by atoms with Crippen LogP contribution in [0, 0.1) is 17.2 Å². The highest BCUT2D eigenvalue weighted by atomic mass is 16.5. The second-order valence-electron chi connectivity index (χ2n) is 4.44. The molecule has 88 valence electrons. The van der Waals surface area contributed by atoms with Crippen LogP contribution in [0.2, 0.25) is 0 Å². The summed E-state index contributed by atoms with van der Waals surface area (Å²) in [6.45, 7) is 0. The third-order valence-electron chi connectivity index (χ3n) is 3.35. The standard InChI is InChI=1S/C15H17NO/c1-17-15-7-5-12(6-8-15)11-14-4-2-3-13(14)9-10-16/h5-8,11,13H,2-4,9H2,1H3/b14-11+/t13-/m0/s1. The number of methoxy groups -OCH3 is 1. The number of nitriles is 1. The second kappa shape index (κ2) is 5.54. The van der Waals surface area contributed by atoms with Crippen LogP contribution in [0.3, 0.4) is 0 Å². The Labute approximate surface area is 103 Å². The van der Waals surface area contributed by atoms with Crippen LogP contribution in [0.25, 0.3) is 6.08 Å². The molecule has 0 radical (unpaired) electrons. The SMILES string of the molecule is COc1ccc(/C=C2\CCC[C@H]2CC#N)cc1. The van der Waals surface area contributed by atoms with E-state index in [0.29, 0.717) is 12.3 Å². The van der Waals surface area contributed by atoms with Gasteiger partial charge in [0, 0.05) is 6.42 Å². The minimum Gasteiger partial charge on any atom is -0.497 e. The Morgan fingerprint density at radius 3 is 2.82 bits per heavy atom. The van der Waals surface area contributed by atoms with E-state index >= 15 is 0 Å². The minimum absolute atomic E-state index is 0.474. The van der Waals surface area contributed by atoms with E-state index in [-0.39, 0.29) is 0 Å². The number of allylic oxidation sites excluding steroid dienone is 1. The highest BCUT2D eigenvalue weighted by Crippen LogP contribution is 2.34. The van der Waals surface area contributed by atoms with E-state index < -0.39 is 0 Å². The quantitative estimate of drug-likeness (QED) is 0.787. The Kier molecular flexibility index (Phi) is 3.82. The third-order valence-corrected chi connectivity index (χ3v) is 3.35. The van der Waals surface area contributed by atoms with Crippen molar-refractivity contribution in [3.05, 3.63) is 35.4 Å². The molecule has 2 heteroatoms. The maximum Gasteiger partial charge on any atom is 0.118 e. The normalized spacial score (nSPS) is 21.4. The first-order valence-corrected chi connectivity index (χ1v) is 6.05. The Bertz CT molecular complexity index is 439. The largest absolute Gasteiger partial charge is 0.497 e. The molecular weight excluding hydrogens is 210 g/mol. The molecule has 0 amide bonds. The lowest BCUT2D eigenvalue weighted by Crippen LogP contribution is -1.94. The maximum atomic E-state index is 8.79. The van der Waals surface area contributed by atoms with Crippen molar-refractivity contribution >= 4 is 6.08 Å². The lowest BCUT2D eigenvalue weighted by atomic mass is 9.97. The smallest absolute Gasteiger partial charge is 0.118 e. The second-order valence-corrected chi connectivity index (χ2v) is 4.44. The number of nitrogens with zero attached hydrogens (tertiary/aromatic N) is 1. The third kappa shape index (κ3) is 2.88. The van der Waals surface area contributed by atoms with Gasteiger partial charge in [0.25, 0.3) is 0 Å². The first-order chi connectivity index (χ1) is 8.33. The number of hydrogen-bond donors (Lipinski definition) is 0. The van der Waals surface area contributed by atoms with Gasteiger partial charge in [0.2, 0.25) is 0 Å². The molecule has 1 aliphatic carbocycles. The molecule has 1 atom stereocenters. The predicted molar refractivity (Wildman–Crippen MR) is 68.5 cm³/mol. The van der Waals surface area contributed by atoms with E-state index in [2.05, 4.69) is 24.3 Å². The molecule has 2 rings (SSSR count). The summed E-state index contributed by atoms with van der Waals surface area (Å²) in [5, 5.41) is 8.79. The predicted octanol–water partition coefficient (Wildman–Crippen LogP) is 3.79. The van der Waals surface area contributed by atoms with Crippen LogP contribution >= 0.6 is 0 Å². The zero-order chi connectivity index (χ0) is 12.1. The zero-order valence-electron chi connectivity index (χ0n) is 10.1. The van der Waals surface area contributed by atoms with Crippen LogP contribution in [0.5, 0.6) is 5.75 Å². The number of hydrogen-bond acceptors (Lipinski definition) is 2. The van der Waals surface area contributed by atoms with Crippen molar-refractivity contribution in [1.82, 2.24) is 0 Å². The first kappa shape index (κ1) is 11.7. The van der Waals surface area contributed by atoms with Gasteiger partial charge in [0.05, 0.1) is 13.2 Å². The van der Waals surface area contributed by atoms with Crippen molar-refractivity contribution in [3.63, 3.8) is 0 Å². The summed E-state index contributed by atoms with van der Waals surface area (Å²) < 4.78 is 5.14. The highest BCUT2D eigenvalue weighted by molar-refractivity contribution is 5.55. The topological polar surface area (TPSA) is 33.0 Å². The summed E-state index contributed by atoms with van der Waals surface area (Å²) in [7, 11) is 1.67. The fourth-order valence-electron chi connectivity index (χ4n) is 2.39. The van der Waals surface area contributed by atoms with Gasteiger partial charge >= 0.3 is 0 Å². The molecule has 1 fully saturated rings. The maximum absolute atomic E-state index is 8.79. The van der Waals surface area contributed by atoms with Gasteiger partial charge in [-0.25, -0.2) is 0 Å². The molecule has 0 aromatic heterocycles. The summed E-state index contributed by atoms with van der Waals surface area (Å²) in [5.41, 5.74) is 2.63. The summed E-state index contributed by atoms with van der Waals surface area (Å²) in [6, 6.07) is 10.4. The molecular formula is C15H17NO. The lowest BCUT2D eigenvalue weighted by molar-refractivity contribution is 0.415. The Morgan fingerprint density at radius 2 is 2.18 bits per heavy atom. The van der Waals surface area contributed by atoms with Gasteiger partial charge in [0.1, 0.15) is 5.75 Å². The fraction of sp³-hybridized carbons (Fsp3) is 0.400. The first-order valence-electron chi connectivity index (χ1n) is 6.05. The molecule has 0 aliphatic heterocycles. The molecule has 1 aromatic carbocycles. The summed E-state index contributed by atoms with van der Waals surface area (Å²) in [4.78, 5) is 0. The number of benzene rings is 1. The van der Waals surface area contributed by atoms with Crippen LogP contribution in [0.1, 0.15) is 31.2 Å². The van der Waals surface area contributed by atoms with Crippen molar-refractivity contribution < 1.29 is 4.74 Å². The average Bonchev–Trinajstić information content (AvgIpc) is 2.78. The highest BCUT2D eigenvalue weighted by Gasteiger charge is 2.20. The van der Waals surface area contributed by atoms with Crippen molar-refractivity contribution in [2.75, 3.05) is 7.11 Å². The van der Waals surface area contributed by atoms with Gasteiger partial charge in [-0.2, -0.15) is 5.26 Å². The molecule has 0 heterocycles. The van der Waals surface area contributed by atoms with Gasteiger partial charge in [0.15, 0.2) is 0 Å². The van der Waals surface area contributed by atoms with Gasteiger partial charge in [-0.1, -0.05) is 23.8 Å². The van der Waals surface area contributed by atoms with E-state index in [0.717, 1.165) is 18.6 Å². The number of ether oxygens (including phenoxy) is 1. The van der Waals surface area contributed by atoms with Crippen LogP contribution in [-0.2, 0) is 0 Å². The summed E-state index contributed by atoms with van der Waals surface area (Å²) >= 11 is 0. The minimum atomic E-state index is 0.474. The molecule has 17 heavy (non-hydrogen) atoms. The molecule has 1 saturated carbocycles. The molecule has 0 saturated heterocycles. The Hall–Kier alpha value is -1.75. The summed E-state index contributed by atoms with van der Waals surface area (Å²) in [6.07, 6.45) is 6.40. The average molecular weight is 227 g/mol. The number of rotatable bonds is 3. The van der Waals surface area contributed by atoms with Gasteiger partial charge < -0.3 is 4.74 Å². The van der Waals surface area contributed by atoms with Crippen molar-refractivity contribution in [3.8, 4) is 11.8 Å². The van der Waals surface area contributed by atoms with Gasteiger partial charge in [-0.05, 0) is 42.9 Å². The van der Waals surface area contributed by atoms with Crippen LogP contribution in [0.4, 0.5) is 0 Å². The molecule has 1 aromatic rings. The van der Waals surface area contributed by atoms with Crippen molar-refractivity contribution in [1.29, 1.82) is 5.26 Å². The fourth-order valence-corrected chi connectivity index (χ4v) is 2.39. The molecule has 0 N–H and O–H groups in total. The van der Waals surface area contributed by atoms with E-state index in [1.54, 1.807) is 7.11 Å².